The van der Waals surface area contributed by atoms with Crippen molar-refractivity contribution in [3.63, 3.8) is 0 Å². The van der Waals surface area contributed by atoms with E-state index in [2.05, 4.69) is 4.74 Å². The molecule has 0 radical (unpaired) electrons. The normalized spacial score (nSPS) is 13.1. The van der Waals surface area contributed by atoms with Crippen LogP contribution in [0.3, 0.4) is 0 Å². The minimum Gasteiger partial charge on any atom is -0.497 e. The quantitative estimate of drug-likeness (QED) is 0.458. The van der Waals surface area contributed by atoms with Gasteiger partial charge in [0, 0.05) is 18.6 Å². The van der Waals surface area contributed by atoms with E-state index in [1.54, 1.807) is 0 Å². The van der Waals surface area contributed by atoms with E-state index >= 15 is 0 Å². The van der Waals surface area contributed by atoms with Crippen molar-refractivity contribution in [2.24, 2.45) is 5.73 Å². The first-order chi connectivity index (χ1) is 9.81. The van der Waals surface area contributed by atoms with Gasteiger partial charge in [0.05, 0.1) is 25.7 Å². The van der Waals surface area contributed by atoms with E-state index in [0.29, 0.717) is 5.75 Å². The summed E-state index contributed by atoms with van der Waals surface area (Å²) in [7, 11) is 2.68. The van der Waals surface area contributed by atoms with Gasteiger partial charge in [0.25, 0.3) is 0 Å². The van der Waals surface area contributed by atoms with Gasteiger partial charge in [0.2, 0.25) is 5.75 Å². The number of benzene rings is 1. The van der Waals surface area contributed by atoms with Gasteiger partial charge >= 0.3 is 11.7 Å². The number of carbonyl (C=O) groups is 1. The molecular formula is C13H18N2O6. The molecule has 0 aliphatic rings. The molecule has 1 aromatic rings. The highest BCUT2D eigenvalue weighted by molar-refractivity contribution is 5.79. The second-order valence-corrected chi connectivity index (χ2v) is 4.60. The molecule has 8 nitrogen and oxygen atoms in total. The zero-order valence-corrected chi connectivity index (χ0v) is 12.1. The summed E-state index contributed by atoms with van der Waals surface area (Å²) in [5.74, 6) is -0.0923. The first kappa shape index (κ1) is 16.7. The molecule has 0 aliphatic heterocycles. The van der Waals surface area contributed by atoms with Gasteiger partial charge in [-0.1, -0.05) is 0 Å². The molecule has 1 rings (SSSR count). The van der Waals surface area contributed by atoms with E-state index in [1.165, 1.54) is 39.3 Å². The predicted molar refractivity (Wildman–Crippen MR) is 74.4 cm³/mol. The first-order valence-electron chi connectivity index (χ1n) is 6.14. The number of nitrogens with zero attached hydrogens (tertiary/aromatic N) is 1. The third-order valence-electron chi connectivity index (χ3n) is 2.89. The highest BCUT2D eigenvalue weighted by Gasteiger charge is 2.29. The summed E-state index contributed by atoms with van der Waals surface area (Å²) in [5, 5.41) is 10.9. The van der Waals surface area contributed by atoms with Crippen LogP contribution in [-0.2, 0) is 9.53 Å². The molecule has 0 fully saturated rings. The summed E-state index contributed by atoms with van der Waals surface area (Å²) in [5.41, 5.74) is 4.37. The molecule has 2 N–H and O–H groups in total. The Morgan fingerprint density at radius 2 is 2.10 bits per heavy atom. The number of methoxy groups -OCH3 is 2. The largest absolute Gasteiger partial charge is 0.497 e. The molecule has 21 heavy (non-hydrogen) atoms. The first-order valence-corrected chi connectivity index (χ1v) is 6.14. The van der Waals surface area contributed by atoms with Gasteiger partial charge in [0.1, 0.15) is 11.3 Å². The number of ether oxygens (including phenoxy) is 3. The van der Waals surface area contributed by atoms with Crippen LogP contribution in [0.4, 0.5) is 5.69 Å². The number of hydrogen-bond acceptors (Lipinski definition) is 7. The van der Waals surface area contributed by atoms with Gasteiger partial charge in [-0.15, -0.1) is 0 Å². The van der Waals surface area contributed by atoms with Crippen LogP contribution in [0.1, 0.15) is 13.3 Å². The molecule has 8 heteroatoms. The van der Waals surface area contributed by atoms with Crippen molar-refractivity contribution in [3.8, 4) is 11.5 Å². The fraction of sp³-hybridized carbons (Fsp3) is 0.462. The Morgan fingerprint density at radius 3 is 2.62 bits per heavy atom. The zero-order chi connectivity index (χ0) is 16.0. The second kappa shape index (κ2) is 6.89. The van der Waals surface area contributed by atoms with E-state index in [1.807, 2.05) is 0 Å². The second-order valence-electron chi connectivity index (χ2n) is 4.60. The molecule has 0 heterocycles. The minimum atomic E-state index is -1.22. The van der Waals surface area contributed by atoms with Gasteiger partial charge in [-0.05, 0) is 13.0 Å². The number of rotatable bonds is 7. The smallest absolute Gasteiger partial charge is 0.325 e. The lowest BCUT2D eigenvalue weighted by Gasteiger charge is -2.21. The van der Waals surface area contributed by atoms with E-state index in [-0.39, 0.29) is 24.5 Å². The van der Waals surface area contributed by atoms with Crippen LogP contribution in [0.2, 0.25) is 0 Å². The van der Waals surface area contributed by atoms with Crippen LogP contribution in [0.5, 0.6) is 11.5 Å². The Hall–Kier alpha value is -2.35. The topological polar surface area (TPSA) is 114 Å². The number of hydrogen-bond donors (Lipinski definition) is 1. The maximum absolute atomic E-state index is 11.4. The highest BCUT2D eigenvalue weighted by atomic mass is 16.6. The lowest BCUT2D eigenvalue weighted by molar-refractivity contribution is -0.385. The zero-order valence-electron chi connectivity index (χ0n) is 12.1. The Labute approximate surface area is 121 Å². The SMILES string of the molecule is COC(=O)C(C)(N)CCOc1cc(OC)ccc1[N+](=O)[O-]. The predicted octanol–water partition coefficient (Wildman–Crippen LogP) is 1.26. The summed E-state index contributed by atoms with van der Waals surface area (Å²) in [4.78, 5) is 21.8. The van der Waals surface area contributed by atoms with Crippen LogP contribution >= 0.6 is 0 Å². The van der Waals surface area contributed by atoms with Crippen LogP contribution in [0.15, 0.2) is 18.2 Å². The van der Waals surface area contributed by atoms with E-state index < -0.39 is 16.4 Å². The van der Waals surface area contributed by atoms with Crippen LogP contribution in [-0.4, -0.2) is 37.3 Å². The highest BCUT2D eigenvalue weighted by Crippen LogP contribution is 2.31. The summed E-state index contributed by atoms with van der Waals surface area (Å²) in [6.45, 7) is 1.53. The third-order valence-corrected chi connectivity index (χ3v) is 2.89. The van der Waals surface area contributed by atoms with Crippen molar-refractivity contribution in [2.45, 2.75) is 18.9 Å². The summed E-state index contributed by atoms with van der Waals surface area (Å²) < 4.78 is 14.9. The Balaban J connectivity index is 2.79. The fourth-order valence-corrected chi connectivity index (χ4v) is 1.60. The number of esters is 1. The molecule has 0 aliphatic carbocycles. The molecule has 0 saturated heterocycles. The van der Waals surface area contributed by atoms with Crippen molar-refractivity contribution in [3.05, 3.63) is 28.3 Å². The lowest BCUT2D eigenvalue weighted by atomic mass is 10.0. The van der Waals surface area contributed by atoms with Crippen molar-refractivity contribution >= 4 is 11.7 Å². The van der Waals surface area contributed by atoms with Crippen LogP contribution in [0, 0.1) is 10.1 Å². The van der Waals surface area contributed by atoms with Gasteiger partial charge in [-0.25, -0.2) is 0 Å². The molecule has 0 amide bonds. The van der Waals surface area contributed by atoms with Gasteiger partial charge in [0.15, 0.2) is 0 Å². The molecular weight excluding hydrogens is 280 g/mol. The number of nitro benzene ring substituents is 1. The van der Waals surface area contributed by atoms with Gasteiger partial charge in [-0.2, -0.15) is 0 Å². The lowest BCUT2D eigenvalue weighted by Crippen LogP contribution is -2.46. The van der Waals surface area contributed by atoms with Gasteiger partial charge in [-0.3, -0.25) is 14.9 Å². The van der Waals surface area contributed by atoms with E-state index in [4.69, 9.17) is 15.2 Å². The van der Waals surface area contributed by atoms with Crippen molar-refractivity contribution in [1.29, 1.82) is 0 Å². The Bertz CT molecular complexity index is 529. The van der Waals surface area contributed by atoms with Crippen LogP contribution in [0.25, 0.3) is 0 Å². The monoisotopic (exact) mass is 298 g/mol. The van der Waals surface area contributed by atoms with E-state index in [0.717, 1.165) is 0 Å². The molecule has 1 unspecified atom stereocenters. The van der Waals surface area contributed by atoms with Crippen molar-refractivity contribution in [1.82, 2.24) is 0 Å². The summed E-state index contributed by atoms with van der Waals surface area (Å²) in [6.07, 6.45) is 0.147. The maximum atomic E-state index is 11.4. The Kier molecular flexibility index (Phi) is 5.48. The summed E-state index contributed by atoms with van der Waals surface area (Å²) >= 11 is 0. The van der Waals surface area contributed by atoms with Gasteiger partial charge < -0.3 is 19.9 Å². The molecule has 1 atom stereocenters. The minimum absolute atomic E-state index is 0.0239. The van der Waals surface area contributed by atoms with Crippen molar-refractivity contribution < 1.29 is 23.9 Å². The molecule has 0 bridgehead atoms. The molecule has 116 valence electrons. The van der Waals surface area contributed by atoms with E-state index in [9.17, 15) is 14.9 Å². The molecule has 0 saturated carbocycles. The maximum Gasteiger partial charge on any atom is 0.325 e. The Morgan fingerprint density at radius 1 is 1.43 bits per heavy atom. The standard InChI is InChI=1S/C13H18N2O6/c1-13(14,12(16)20-3)6-7-21-11-8-9(19-2)4-5-10(11)15(17)18/h4-5,8H,6-7,14H2,1-3H3. The average Bonchev–Trinajstić information content (AvgIpc) is 2.45. The molecule has 0 spiro atoms. The average molecular weight is 298 g/mol. The fourth-order valence-electron chi connectivity index (χ4n) is 1.60. The molecule has 0 aromatic heterocycles. The van der Waals surface area contributed by atoms with Crippen molar-refractivity contribution in [2.75, 3.05) is 20.8 Å². The number of carbonyl (C=O) groups excluding carboxylic acids is 1. The van der Waals surface area contributed by atoms with Crippen LogP contribution < -0.4 is 15.2 Å². The summed E-state index contributed by atoms with van der Waals surface area (Å²) in [6, 6.07) is 4.16. The number of nitro groups is 1. The molecule has 1 aromatic carbocycles. The number of nitrogens with two attached hydrogens (primary N) is 1. The third kappa shape index (κ3) is 4.32.